The minimum Gasteiger partial charge on any atom is -0.494 e. The number of nitrogens with one attached hydrogen (secondary N) is 2. The first kappa shape index (κ1) is 23.4. The molecule has 0 aliphatic heterocycles. The summed E-state index contributed by atoms with van der Waals surface area (Å²) in [6.45, 7) is 1.88. The highest BCUT2D eigenvalue weighted by Gasteiger charge is 2.65. The zero-order valence-corrected chi connectivity index (χ0v) is 18.8. The molecule has 0 fully saturated rings. The largest absolute Gasteiger partial charge is 0.494 e. The van der Waals surface area contributed by atoms with Crippen LogP contribution in [0, 0.1) is 6.92 Å². The molecule has 0 saturated carbocycles. The Hall–Kier alpha value is -3.80. The lowest BCUT2D eigenvalue weighted by Gasteiger charge is -2.40. The number of imidazole rings is 1. The van der Waals surface area contributed by atoms with Crippen molar-refractivity contribution in [3.8, 4) is 11.4 Å². The van der Waals surface area contributed by atoms with Crippen LogP contribution >= 0.6 is 10.2 Å². The van der Waals surface area contributed by atoms with Gasteiger partial charge in [-0.3, -0.25) is 0 Å². The van der Waals surface area contributed by atoms with Crippen LogP contribution < -0.4 is 15.4 Å². The minimum absolute atomic E-state index is 0.178. The highest BCUT2D eigenvalue weighted by molar-refractivity contribution is 8.45. The molecule has 12 heteroatoms. The minimum atomic E-state index is -9.71. The number of benzene rings is 2. The van der Waals surface area contributed by atoms with E-state index in [9.17, 15) is 19.4 Å². The highest BCUT2D eigenvalue weighted by atomic mass is 32.5. The molecular weight excluding hydrogens is 477 g/mol. The molecular formula is C22H20F5N5OS. The van der Waals surface area contributed by atoms with E-state index in [0.29, 0.717) is 35.2 Å². The van der Waals surface area contributed by atoms with Crippen molar-refractivity contribution in [2.75, 3.05) is 17.7 Å². The third-order valence-corrected chi connectivity index (χ3v) is 5.93. The number of nitrogens with zero attached hydrogens (tertiary/aromatic N) is 3. The zero-order chi connectivity index (χ0) is 24.6. The van der Waals surface area contributed by atoms with Gasteiger partial charge in [0, 0.05) is 23.6 Å². The fraction of sp³-hybridized carbons (Fsp3) is 0.0909. The maximum atomic E-state index is 12.9. The van der Waals surface area contributed by atoms with E-state index in [1.54, 1.807) is 37.7 Å². The molecule has 2 aromatic heterocycles. The van der Waals surface area contributed by atoms with Crippen molar-refractivity contribution in [1.29, 1.82) is 0 Å². The number of anilines is 4. The first-order valence-electron chi connectivity index (χ1n) is 9.85. The normalized spacial score (nSPS) is 13.6. The molecule has 0 atom stereocenters. The van der Waals surface area contributed by atoms with E-state index in [1.165, 1.54) is 0 Å². The molecule has 4 aromatic rings. The molecule has 0 aliphatic rings. The van der Waals surface area contributed by atoms with Crippen LogP contribution in [0.15, 0.2) is 78.1 Å². The summed E-state index contributed by atoms with van der Waals surface area (Å²) in [5, 5.41) is 5.93. The van der Waals surface area contributed by atoms with E-state index in [0.717, 1.165) is 23.5 Å². The molecule has 0 bridgehead atoms. The number of ether oxygens (including phenoxy) is 1. The summed E-state index contributed by atoms with van der Waals surface area (Å²) in [6, 6.07) is 13.0. The quantitative estimate of drug-likeness (QED) is 0.256. The second-order valence-corrected chi connectivity index (χ2v) is 9.87. The SMILES string of the molecule is COc1cc(Nc2cccc(Nc3ccc(S(F)(F)(F)(F)F)cc3)n2)ccc1-n1cnc(C)c1. The predicted octanol–water partition coefficient (Wildman–Crippen LogP) is 7.73. The fourth-order valence-electron chi connectivity index (χ4n) is 3.19. The lowest BCUT2D eigenvalue weighted by atomic mass is 10.2. The number of rotatable bonds is 7. The van der Waals surface area contributed by atoms with Gasteiger partial charge in [-0.25, -0.2) is 9.97 Å². The predicted molar refractivity (Wildman–Crippen MR) is 123 cm³/mol. The molecule has 0 unspecified atom stereocenters. The molecule has 34 heavy (non-hydrogen) atoms. The molecule has 4 rings (SSSR count). The molecule has 0 saturated heterocycles. The molecule has 0 radical (unpaired) electrons. The smallest absolute Gasteiger partial charge is 0.310 e. The second-order valence-electron chi connectivity index (χ2n) is 7.46. The monoisotopic (exact) mass is 497 g/mol. The Morgan fingerprint density at radius 3 is 2.03 bits per heavy atom. The zero-order valence-electron chi connectivity index (χ0n) is 18.0. The number of methoxy groups -OCH3 is 1. The average molecular weight is 497 g/mol. The highest BCUT2D eigenvalue weighted by Crippen LogP contribution is 3.02. The Balaban J connectivity index is 1.51. The molecule has 0 spiro atoms. The number of hydrogen-bond acceptors (Lipinski definition) is 5. The summed E-state index contributed by atoms with van der Waals surface area (Å²) >= 11 is 0. The first-order valence-corrected chi connectivity index (χ1v) is 11.8. The van der Waals surface area contributed by atoms with Crippen molar-refractivity contribution in [3.63, 3.8) is 0 Å². The van der Waals surface area contributed by atoms with E-state index >= 15 is 0 Å². The summed E-state index contributed by atoms with van der Waals surface area (Å²) in [4.78, 5) is 6.62. The average Bonchev–Trinajstić information content (AvgIpc) is 3.19. The molecule has 2 heterocycles. The summed E-state index contributed by atoms with van der Waals surface area (Å²) < 4.78 is 71.8. The Morgan fingerprint density at radius 2 is 1.47 bits per heavy atom. The van der Waals surface area contributed by atoms with E-state index in [4.69, 9.17) is 4.74 Å². The van der Waals surface area contributed by atoms with Crippen LogP contribution in [0.5, 0.6) is 5.75 Å². The topological polar surface area (TPSA) is 64.0 Å². The van der Waals surface area contributed by atoms with Gasteiger partial charge in [0.15, 0.2) is 0 Å². The van der Waals surface area contributed by atoms with Crippen molar-refractivity contribution < 1.29 is 24.2 Å². The van der Waals surface area contributed by atoms with Gasteiger partial charge in [-0.05, 0) is 55.5 Å². The van der Waals surface area contributed by atoms with Gasteiger partial charge in [0.25, 0.3) is 0 Å². The van der Waals surface area contributed by atoms with Crippen LogP contribution in [-0.4, -0.2) is 21.6 Å². The van der Waals surface area contributed by atoms with E-state index in [1.807, 2.05) is 29.8 Å². The number of pyridine rings is 1. The lowest BCUT2D eigenvalue weighted by Crippen LogP contribution is -2.06. The van der Waals surface area contributed by atoms with Gasteiger partial charge >= 0.3 is 10.2 Å². The van der Waals surface area contributed by atoms with E-state index in [2.05, 4.69) is 20.6 Å². The lowest BCUT2D eigenvalue weighted by molar-refractivity contribution is 0.364. The summed E-state index contributed by atoms with van der Waals surface area (Å²) in [5.41, 5.74) is 2.52. The molecule has 0 aliphatic carbocycles. The van der Waals surface area contributed by atoms with Crippen LogP contribution in [0.25, 0.3) is 5.69 Å². The van der Waals surface area contributed by atoms with Crippen molar-refractivity contribution in [2.24, 2.45) is 0 Å². The van der Waals surface area contributed by atoms with Crippen molar-refractivity contribution >= 4 is 33.2 Å². The Kier molecular flexibility index (Phi) is 5.24. The molecule has 180 valence electrons. The van der Waals surface area contributed by atoms with E-state index in [-0.39, 0.29) is 5.69 Å². The van der Waals surface area contributed by atoms with Crippen LogP contribution in [0.1, 0.15) is 5.69 Å². The van der Waals surface area contributed by atoms with Crippen molar-refractivity contribution in [2.45, 2.75) is 11.8 Å². The van der Waals surface area contributed by atoms with Gasteiger partial charge in [0.1, 0.15) is 22.3 Å². The Labute approximate surface area is 192 Å². The Bertz CT molecular complexity index is 1340. The summed E-state index contributed by atoms with van der Waals surface area (Å²) in [7, 11) is -8.16. The van der Waals surface area contributed by atoms with Crippen molar-refractivity contribution in [1.82, 2.24) is 14.5 Å². The maximum Gasteiger partial charge on any atom is 0.310 e. The van der Waals surface area contributed by atoms with Gasteiger partial charge in [0.2, 0.25) is 0 Å². The van der Waals surface area contributed by atoms with Gasteiger partial charge in [-0.2, -0.15) is 0 Å². The van der Waals surface area contributed by atoms with Crippen LogP contribution in [0.2, 0.25) is 0 Å². The number of aryl methyl sites for hydroxylation is 1. The van der Waals surface area contributed by atoms with Gasteiger partial charge in [0.05, 0.1) is 24.8 Å². The maximum absolute atomic E-state index is 12.9. The number of hydrogen-bond donors (Lipinski definition) is 2. The van der Waals surface area contributed by atoms with Gasteiger partial charge < -0.3 is 19.9 Å². The fourth-order valence-corrected chi connectivity index (χ4v) is 3.84. The number of halogens is 5. The summed E-state index contributed by atoms with van der Waals surface area (Å²) in [5.74, 6) is 1.35. The standard InChI is InChI=1S/C22H20F5N5OS/c1-15-13-32(14-28-15)19-11-8-17(12-20(19)33-2)30-22-5-3-4-21(31-22)29-16-6-9-18(10-7-16)34(23,24,25,26)27/h3-14H,1-2H3,(H2,29,30,31). The Morgan fingerprint density at radius 1 is 0.853 bits per heavy atom. The van der Waals surface area contributed by atoms with Crippen molar-refractivity contribution in [3.05, 3.63) is 78.9 Å². The third-order valence-electron chi connectivity index (χ3n) is 4.76. The van der Waals surface area contributed by atoms with Gasteiger partial charge in [-0.1, -0.05) is 25.5 Å². The second kappa shape index (κ2) is 7.62. The van der Waals surface area contributed by atoms with Crippen LogP contribution in [0.4, 0.5) is 42.4 Å². The molecule has 6 nitrogen and oxygen atoms in total. The third kappa shape index (κ3) is 5.39. The number of aromatic nitrogens is 3. The summed E-state index contributed by atoms with van der Waals surface area (Å²) in [6.07, 6.45) is 3.55. The van der Waals surface area contributed by atoms with Crippen LogP contribution in [-0.2, 0) is 0 Å². The van der Waals surface area contributed by atoms with Gasteiger partial charge in [-0.15, -0.1) is 0 Å². The molecule has 0 amide bonds. The van der Waals surface area contributed by atoms with E-state index < -0.39 is 15.1 Å². The van der Waals surface area contributed by atoms with Crippen LogP contribution in [0.3, 0.4) is 0 Å². The molecule has 2 aromatic carbocycles. The molecule has 2 N–H and O–H groups in total. The first-order chi connectivity index (χ1) is 15.8.